The summed E-state index contributed by atoms with van der Waals surface area (Å²) in [5, 5.41) is 3.86. The first kappa shape index (κ1) is 18.5. The maximum Gasteiger partial charge on any atom is 0.228 e. The third-order valence-corrected chi connectivity index (χ3v) is 4.52. The van der Waals surface area contributed by atoms with E-state index < -0.39 is 0 Å². The molecule has 5 nitrogen and oxygen atoms in total. The number of anilines is 1. The maximum atomic E-state index is 12.5. The predicted octanol–water partition coefficient (Wildman–Crippen LogP) is 5.19. The van der Waals surface area contributed by atoms with Crippen LogP contribution in [0.25, 0.3) is 23.1 Å². The highest BCUT2D eigenvalue weighted by Gasteiger charge is 2.11. The van der Waals surface area contributed by atoms with E-state index in [1.165, 1.54) is 0 Å². The van der Waals surface area contributed by atoms with Crippen molar-refractivity contribution < 1.29 is 13.9 Å². The van der Waals surface area contributed by atoms with Crippen molar-refractivity contribution in [3.05, 3.63) is 89.9 Å². The Morgan fingerprint density at radius 2 is 2.03 bits per heavy atom. The van der Waals surface area contributed by atoms with Gasteiger partial charge in [0, 0.05) is 28.9 Å². The van der Waals surface area contributed by atoms with Crippen LogP contribution in [0, 0.1) is 0 Å². The van der Waals surface area contributed by atoms with Crippen LogP contribution in [-0.2, 0) is 11.2 Å². The fourth-order valence-electron chi connectivity index (χ4n) is 3.08. The van der Waals surface area contributed by atoms with Crippen LogP contribution in [0.1, 0.15) is 16.8 Å². The van der Waals surface area contributed by atoms with Crippen LogP contribution in [0.5, 0.6) is 5.75 Å². The van der Waals surface area contributed by atoms with Gasteiger partial charge in [-0.05, 0) is 48.0 Å². The molecule has 0 bridgehead atoms. The zero-order valence-corrected chi connectivity index (χ0v) is 16.0. The fourth-order valence-corrected chi connectivity index (χ4v) is 3.08. The molecule has 0 aliphatic rings. The van der Waals surface area contributed by atoms with E-state index in [4.69, 9.17) is 9.15 Å². The lowest BCUT2D eigenvalue weighted by Gasteiger charge is -2.06. The Hall–Kier alpha value is -3.86. The van der Waals surface area contributed by atoms with Gasteiger partial charge in [-0.25, -0.2) is 0 Å². The maximum absolute atomic E-state index is 12.5. The lowest BCUT2D eigenvalue weighted by atomic mass is 10.1. The number of methoxy groups -OCH3 is 1. The quantitative estimate of drug-likeness (QED) is 0.497. The molecule has 144 valence electrons. The molecule has 2 aromatic carbocycles. The number of furan rings is 1. The SMILES string of the molecule is COc1ccc2c(CC(=O)Nc3cccc(/C=C/c4ccccn4)c3)coc2c1. The molecular weight excluding hydrogens is 364 g/mol. The molecule has 1 N–H and O–H groups in total. The van der Waals surface area contributed by atoms with E-state index in [1.807, 2.05) is 72.8 Å². The van der Waals surface area contributed by atoms with Gasteiger partial charge >= 0.3 is 0 Å². The van der Waals surface area contributed by atoms with Crippen LogP contribution in [-0.4, -0.2) is 18.0 Å². The Bertz CT molecular complexity index is 1160. The molecule has 0 aliphatic heterocycles. The number of pyridine rings is 1. The summed E-state index contributed by atoms with van der Waals surface area (Å²) in [4.78, 5) is 16.8. The zero-order valence-electron chi connectivity index (χ0n) is 16.0. The molecule has 1 amide bonds. The molecule has 4 rings (SSSR count). The van der Waals surface area contributed by atoms with E-state index in [-0.39, 0.29) is 12.3 Å². The van der Waals surface area contributed by atoms with E-state index in [2.05, 4.69) is 10.3 Å². The summed E-state index contributed by atoms with van der Waals surface area (Å²) in [6, 6.07) is 19.0. The number of fused-ring (bicyclic) bond motifs is 1. The van der Waals surface area contributed by atoms with Crippen LogP contribution < -0.4 is 10.1 Å². The van der Waals surface area contributed by atoms with Gasteiger partial charge in [0.2, 0.25) is 5.91 Å². The van der Waals surface area contributed by atoms with Gasteiger partial charge in [-0.3, -0.25) is 9.78 Å². The highest BCUT2D eigenvalue weighted by molar-refractivity contribution is 5.95. The number of hydrogen-bond donors (Lipinski definition) is 1. The van der Waals surface area contributed by atoms with Crippen LogP contribution >= 0.6 is 0 Å². The number of benzene rings is 2. The van der Waals surface area contributed by atoms with Crippen molar-refractivity contribution in [2.75, 3.05) is 12.4 Å². The Labute approximate surface area is 168 Å². The molecule has 2 heterocycles. The Balaban J connectivity index is 1.44. The first-order valence-corrected chi connectivity index (χ1v) is 9.24. The van der Waals surface area contributed by atoms with Crippen LogP contribution in [0.3, 0.4) is 0 Å². The second-order valence-corrected chi connectivity index (χ2v) is 6.56. The molecule has 0 radical (unpaired) electrons. The van der Waals surface area contributed by atoms with Gasteiger partial charge in [0.05, 0.1) is 25.5 Å². The van der Waals surface area contributed by atoms with Crippen molar-refractivity contribution in [1.29, 1.82) is 0 Å². The standard InChI is InChI=1S/C24H20N2O3/c1-28-21-10-11-22-18(16-29-23(22)15-21)14-24(27)26-20-7-4-5-17(13-20)8-9-19-6-2-3-12-25-19/h2-13,15-16H,14H2,1H3,(H,26,27)/b9-8+. The summed E-state index contributed by atoms with van der Waals surface area (Å²) in [6.07, 6.45) is 7.51. The average Bonchev–Trinajstić information content (AvgIpc) is 3.15. The van der Waals surface area contributed by atoms with Crippen molar-refractivity contribution in [1.82, 2.24) is 4.98 Å². The van der Waals surface area contributed by atoms with Gasteiger partial charge in [-0.1, -0.05) is 24.3 Å². The smallest absolute Gasteiger partial charge is 0.228 e. The number of hydrogen-bond acceptors (Lipinski definition) is 4. The lowest BCUT2D eigenvalue weighted by molar-refractivity contribution is -0.115. The van der Waals surface area contributed by atoms with Crippen LogP contribution in [0.4, 0.5) is 5.69 Å². The number of rotatable bonds is 6. The van der Waals surface area contributed by atoms with Crippen molar-refractivity contribution in [3.63, 3.8) is 0 Å². The van der Waals surface area contributed by atoms with Gasteiger partial charge in [-0.15, -0.1) is 0 Å². The number of nitrogens with zero attached hydrogens (tertiary/aromatic N) is 1. The first-order valence-electron chi connectivity index (χ1n) is 9.24. The van der Waals surface area contributed by atoms with E-state index in [0.717, 1.165) is 33.6 Å². The third kappa shape index (κ3) is 4.52. The summed E-state index contributed by atoms with van der Waals surface area (Å²) in [7, 11) is 1.61. The van der Waals surface area contributed by atoms with E-state index in [9.17, 15) is 4.79 Å². The highest BCUT2D eigenvalue weighted by Crippen LogP contribution is 2.26. The second kappa shape index (κ2) is 8.44. The molecule has 0 fully saturated rings. The minimum atomic E-state index is -0.102. The number of amides is 1. The summed E-state index contributed by atoms with van der Waals surface area (Å²) in [6.45, 7) is 0. The van der Waals surface area contributed by atoms with Gasteiger partial charge in [-0.2, -0.15) is 0 Å². The number of aromatic nitrogens is 1. The Kier molecular flexibility index (Phi) is 5.38. The molecule has 2 aromatic heterocycles. The van der Waals surface area contributed by atoms with E-state index in [1.54, 1.807) is 19.6 Å². The highest BCUT2D eigenvalue weighted by atomic mass is 16.5. The molecule has 0 unspecified atom stereocenters. The zero-order chi connectivity index (χ0) is 20.1. The topological polar surface area (TPSA) is 64.4 Å². The summed E-state index contributed by atoms with van der Waals surface area (Å²) < 4.78 is 10.8. The van der Waals surface area contributed by atoms with Gasteiger partial charge in [0.1, 0.15) is 11.3 Å². The molecule has 5 heteroatoms. The molecule has 0 saturated heterocycles. The van der Waals surface area contributed by atoms with Crippen LogP contribution in [0.2, 0.25) is 0 Å². The summed E-state index contributed by atoms with van der Waals surface area (Å²) in [5.41, 5.74) is 4.15. The average molecular weight is 384 g/mol. The first-order chi connectivity index (χ1) is 14.2. The minimum absolute atomic E-state index is 0.102. The molecular formula is C24H20N2O3. The molecule has 29 heavy (non-hydrogen) atoms. The predicted molar refractivity (Wildman–Crippen MR) is 115 cm³/mol. The van der Waals surface area contributed by atoms with Crippen LogP contribution in [0.15, 0.2) is 77.5 Å². The molecule has 0 aliphatic carbocycles. The normalized spacial score (nSPS) is 11.1. The molecule has 0 atom stereocenters. The largest absolute Gasteiger partial charge is 0.497 e. The van der Waals surface area contributed by atoms with E-state index in [0.29, 0.717) is 5.58 Å². The number of carbonyl (C=O) groups excluding carboxylic acids is 1. The molecule has 4 aromatic rings. The van der Waals surface area contributed by atoms with Gasteiger partial charge in [0.25, 0.3) is 0 Å². The second-order valence-electron chi connectivity index (χ2n) is 6.56. The van der Waals surface area contributed by atoms with Crippen molar-refractivity contribution in [3.8, 4) is 5.75 Å². The Morgan fingerprint density at radius 3 is 2.86 bits per heavy atom. The van der Waals surface area contributed by atoms with Crippen molar-refractivity contribution in [2.45, 2.75) is 6.42 Å². The van der Waals surface area contributed by atoms with Gasteiger partial charge < -0.3 is 14.5 Å². The number of nitrogens with one attached hydrogen (secondary N) is 1. The lowest BCUT2D eigenvalue weighted by Crippen LogP contribution is -2.14. The van der Waals surface area contributed by atoms with Crippen molar-refractivity contribution in [2.24, 2.45) is 0 Å². The summed E-state index contributed by atoms with van der Waals surface area (Å²) in [5.74, 6) is 0.618. The van der Waals surface area contributed by atoms with Crippen molar-refractivity contribution >= 4 is 34.7 Å². The minimum Gasteiger partial charge on any atom is -0.497 e. The summed E-state index contributed by atoms with van der Waals surface area (Å²) >= 11 is 0. The molecule has 0 spiro atoms. The monoisotopic (exact) mass is 384 g/mol. The van der Waals surface area contributed by atoms with Gasteiger partial charge in [0.15, 0.2) is 0 Å². The number of carbonyl (C=O) groups is 1. The third-order valence-electron chi connectivity index (χ3n) is 4.52. The van der Waals surface area contributed by atoms with E-state index >= 15 is 0 Å². The number of ether oxygens (including phenoxy) is 1. The fraction of sp³-hybridized carbons (Fsp3) is 0.0833. The molecule has 0 saturated carbocycles. The Morgan fingerprint density at radius 1 is 1.10 bits per heavy atom.